The predicted octanol–water partition coefficient (Wildman–Crippen LogP) is 2.13. The van der Waals surface area contributed by atoms with Gasteiger partial charge in [0, 0.05) is 62.8 Å². The standard InChI is InChI=1S/C19H20Br2N4O4/c1-22-6-8-23(9-7-22)19(26)29-17-5-3-4-14-18(17)24(27)15-10-12(20)13(21)11-16(15)25(14)28-2/h3-5,10-11,27H,6-9H2,1-2H3/q+2. The lowest BCUT2D eigenvalue weighted by Crippen LogP contribution is -2.49. The van der Waals surface area contributed by atoms with E-state index in [1.807, 2.05) is 13.1 Å². The number of hydrogen-bond donors (Lipinski definition) is 1. The van der Waals surface area contributed by atoms with Crippen molar-refractivity contribution in [1.82, 2.24) is 9.80 Å². The Hall–Kier alpha value is -2.17. The second kappa shape index (κ2) is 7.92. The Balaban J connectivity index is 1.84. The van der Waals surface area contributed by atoms with Crippen molar-refractivity contribution in [2.75, 3.05) is 40.3 Å². The largest absolute Gasteiger partial charge is 0.415 e. The first-order chi connectivity index (χ1) is 13.9. The van der Waals surface area contributed by atoms with Gasteiger partial charge in [0.25, 0.3) is 0 Å². The normalized spacial score (nSPS) is 15.1. The first-order valence-electron chi connectivity index (χ1n) is 9.01. The van der Waals surface area contributed by atoms with Gasteiger partial charge in [0.05, 0.1) is 0 Å². The number of hydrogen-bond acceptors (Lipinski definition) is 5. The van der Waals surface area contributed by atoms with Crippen molar-refractivity contribution >= 4 is 60.0 Å². The fourth-order valence-electron chi connectivity index (χ4n) is 3.42. The van der Waals surface area contributed by atoms with Crippen molar-refractivity contribution < 1.29 is 29.0 Å². The first kappa shape index (κ1) is 20.1. The molecule has 0 saturated carbocycles. The van der Waals surface area contributed by atoms with Gasteiger partial charge in [0.15, 0.2) is 0 Å². The van der Waals surface area contributed by atoms with Gasteiger partial charge in [0.2, 0.25) is 5.75 Å². The average molecular weight is 528 g/mol. The van der Waals surface area contributed by atoms with Crippen molar-refractivity contribution in [2.45, 2.75) is 0 Å². The number of likely N-dealkylation sites (N-methyl/N-ethyl adjacent to an activating group) is 1. The molecule has 2 heterocycles. The molecule has 10 heteroatoms. The van der Waals surface area contributed by atoms with Gasteiger partial charge >= 0.3 is 28.2 Å². The van der Waals surface area contributed by atoms with Gasteiger partial charge < -0.3 is 14.5 Å². The van der Waals surface area contributed by atoms with E-state index in [0.29, 0.717) is 35.2 Å². The van der Waals surface area contributed by atoms with Crippen LogP contribution in [0.1, 0.15) is 0 Å². The Labute approximate surface area is 184 Å². The molecule has 1 N–H and O–H groups in total. The van der Waals surface area contributed by atoms with Gasteiger partial charge in [-0.15, -0.1) is 0 Å². The highest BCUT2D eigenvalue weighted by atomic mass is 79.9. The molecule has 0 bridgehead atoms. The molecule has 8 nitrogen and oxygen atoms in total. The third-order valence-electron chi connectivity index (χ3n) is 5.01. The zero-order chi connectivity index (χ0) is 20.7. The summed E-state index contributed by atoms with van der Waals surface area (Å²) >= 11 is 6.94. The number of para-hydroxylation sites is 1. The molecule has 0 radical (unpaired) electrons. The number of aromatic nitrogens is 2. The van der Waals surface area contributed by atoms with E-state index in [9.17, 15) is 10.0 Å². The van der Waals surface area contributed by atoms with Crippen molar-refractivity contribution in [3.8, 4) is 5.75 Å². The van der Waals surface area contributed by atoms with E-state index >= 15 is 0 Å². The van der Waals surface area contributed by atoms with E-state index in [0.717, 1.165) is 26.8 Å². The molecule has 1 aliphatic heterocycles. The molecule has 1 aromatic heterocycles. The molecule has 4 rings (SSSR count). The fourth-order valence-corrected chi connectivity index (χ4v) is 4.09. The number of piperazine rings is 1. The number of ether oxygens (including phenoxy) is 1. The summed E-state index contributed by atoms with van der Waals surface area (Å²) in [6, 6.07) is 8.78. The van der Waals surface area contributed by atoms with Crippen LogP contribution >= 0.6 is 31.9 Å². The van der Waals surface area contributed by atoms with Gasteiger partial charge in [-0.05, 0) is 45.0 Å². The van der Waals surface area contributed by atoms with Crippen molar-refractivity contribution in [3.63, 3.8) is 0 Å². The van der Waals surface area contributed by atoms with E-state index in [1.54, 1.807) is 41.0 Å². The number of fused-ring (bicyclic) bond motifs is 2. The van der Waals surface area contributed by atoms with Crippen molar-refractivity contribution in [3.05, 3.63) is 39.3 Å². The molecule has 152 valence electrons. The maximum Gasteiger partial charge on any atom is 0.415 e. The predicted molar refractivity (Wildman–Crippen MR) is 112 cm³/mol. The minimum absolute atomic E-state index is 0.251. The van der Waals surface area contributed by atoms with Crippen LogP contribution in [0.3, 0.4) is 0 Å². The number of carbonyl (C=O) groups is 1. The second-order valence-corrected chi connectivity index (χ2v) is 8.53. The minimum Gasteiger partial charge on any atom is -0.403 e. The molecular formula is C19H20Br2N4O4+2. The topological polar surface area (TPSA) is 70.0 Å². The van der Waals surface area contributed by atoms with Crippen LogP contribution in [0.15, 0.2) is 39.3 Å². The summed E-state index contributed by atoms with van der Waals surface area (Å²) in [5, 5.41) is 11.0. The molecule has 0 spiro atoms. The van der Waals surface area contributed by atoms with Crippen LogP contribution in [-0.4, -0.2) is 61.4 Å². The summed E-state index contributed by atoms with van der Waals surface area (Å²) in [6.07, 6.45) is -0.438. The number of benzene rings is 2. The molecular weight excluding hydrogens is 508 g/mol. The van der Waals surface area contributed by atoms with Crippen LogP contribution in [-0.2, 0) is 0 Å². The maximum atomic E-state index is 12.7. The van der Waals surface area contributed by atoms with Crippen LogP contribution in [0.2, 0.25) is 0 Å². The van der Waals surface area contributed by atoms with Crippen LogP contribution in [0, 0.1) is 0 Å². The Morgan fingerprint density at radius 2 is 1.72 bits per heavy atom. The molecule has 1 aliphatic rings. The Kier molecular flexibility index (Phi) is 5.50. The Bertz CT molecular complexity index is 1120. The SMILES string of the molecule is CO[n+]1c2cc(Br)c(Br)cc2[n+](O)c2c(OC(=O)N3CCN(C)CC3)cccc21. The van der Waals surface area contributed by atoms with Crippen molar-refractivity contribution in [2.24, 2.45) is 0 Å². The highest BCUT2D eigenvalue weighted by Crippen LogP contribution is 2.28. The number of rotatable bonds is 2. The molecule has 0 atom stereocenters. The lowest BCUT2D eigenvalue weighted by atomic mass is 10.2. The Morgan fingerprint density at radius 1 is 1.07 bits per heavy atom. The quantitative estimate of drug-likeness (QED) is 0.314. The summed E-state index contributed by atoms with van der Waals surface area (Å²) in [7, 11) is 3.56. The summed E-state index contributed by atoms with van der Waals surface area (Å²) in [5.41, 5.74) is 2.01. The maximum absolute atomic E-state index is 12.7. The molecule has 1 fully saturated rings. The summed E-state index contributed by atoms with van der Waals surface area (Å²) < 4.78 is 9.86. The van der Waals surface area contributed by atoms with Crippen LogP contribution in [0.25, 0.3) is 22.1 Å². The number of amides is 1. The fraction of sp³-hybridized carbons (Fsp3) is 0.316. The van der Waals surface area contributed by atoms with Gasteiger partial charge in [-0.2, -0.15) is 0 Å². The lowest BCUT2D eigenvalue weighted by molar-refractivity contribution is -0.886. The highest BCUT2D eigenvalue weighted by molar-refractivity contribution is 9.13. The third kappa shape index (κ3) is 3.60. The zero-order valence-electron chi connectivity index (χ0n) is 15.9. The molecule has 0 aliphatic carbocycles. The van der Waals surface area contributed by atoms with Crippen LogP contribution < -0.4 is 19.0 Å². The molecule has 0 unspecified atom stereocenters. The highest BCUT2D eigenvalue weighted by Gasteiger charge is 2.34. The first-order valence-corrected chi connectivity index (χ1v) is 10.6. The summed E-state index contributed by atoms with van der Waals surface area (Å²) in [6.45, 7) is 2.78. The van der Waals surface area contributed by atoms with Gasteiger partial charge in [-0.25, -0.2) is 4.79 Å². The van der Waals surface area contributed by atoms with E-state index < -0.39 is 6.09 Å². The number of halogens is 2. The minimum atomic E-state index is -0.438. The lowest BCUT2D eigenvalue weighted by Gasteiger charge is -2.31. The molecule has 1 amide bonds. The third-order valence-corrected chi connectivity index (χ3v) is 6.86. The van der Waals surface area contributed by atoms with Gasteiger partial charge in [0.1, 0.15) is 7.11 Å². The Morgan fingerprint density at radius 3 is 2.38 bits per heavy atom. The van der Waals surface area contributed by atoms with Crippen molar-refractivity contribution in [1.29, 1.82) is 0 Å². The monoisotopic (exact) mass is 526 g/mol. The summed E-state index contributed by atoms with van der Waals surface area (Å²) in [4.78, 5) is 22.1. The smallest absolute Gasteiger partial charge is 0.403 e. The van der Waals surface area contributed by atoms with Crippen LogP contribution in [0.5, 0.6) is 5.75 Å². The second-order valence-electron chi connectivity index (χ2n) is 6.83. The summed E-state index contributed by atoms with van der Waals surface area (Å²) in [5.74, 6) is 0.251. The average Bonchev–Trinajstić information content (AvgIpc) is 2.70. The van der Waals surface area contributed by atoms with E-state index in [-0.39, 0.29) is 5.75 Å². The molecule has 2 aromatic carbocycles. The van der Waals surface area contributed by atoms with E-state index in [1.165, 1.54) is 0 Å². The van der Waals surface area contributed by atoms with E-state index in [2.05, 4.69) is 36.8 Å². The van der Waals surface area contributed by atoms with Crippen LogP contribution in [0.4, 0.5) is 4.79 Å². The molecule has 29 heavy (non-hydrogen) atoms. The van der Waals surface area contributed by atoms with Gasteiger partial charge in [-0.3, -0.25) is 10.0 Å². The number of carbonyl (C=O) groups excluding carboxylic acids is 1. The van der Waals surface area contributed by atoms with Gasteiger partial charge in [-0.1, -0.05) is 6.07 Å². The number of nitrogens with zero attached hydrogens (tertiary/aromatic N) is 4. The van der Waals surface area contributed by atoms with E-state index in [4.69, 9.17) is 9.57 Å². The zero-order valence-corrected chi connectivity index (χ0v) is 19.1. The molecule has 1 saturated heterocycles. The molecule has 3 aromatic rings.